The van der Waals surface area contributed by atoms with Gasteiger partial charge >= 0.3 is 6.61 Å². The largest absolute Gasteiger partial charge is 0.497 e. The molecule has 2 unspecified atom stereocenters. The third kappa shape index (κ3) is 8.29. The molecular formula is C24H33F2IN4O2. The number of nitrogens with zero attached hydrogens (tertiary/aromatic N) is 2. The summed E-state index contributed by atoms with van der Waals surface area (Å²) in [6.07, 6.45) is 1.11. The summed E-state index contributed by atoms with van der Waals surface area (Å²) < 4.78 is 35.3. The number of halogens is 3. The van der Waals surface area contributed by atoms with E-state index in [1.807, 2.05) is 6.07 Å². The van der Waals surface area contributed by atoms with Crippen molar-refractivity contribution in [2.45, 2.75) is 39.1 Å². The lowest BCUT2D eigenvalue weighted by Crippen LogP contribution is -2.40. The second kappa shape index (κ2) is 13.5. The fourth-order valence-corrected chi connectivity index (χ4v) is 4.08. The Morgan fingerprint density at radius 1 is 1.18 bits per heavy atom. The van der Waals surface area contributed by atoms with Crippen LogP contribution in [0.15, 0.2) is 53.5 Å². The van der Waals surface area contributed by atoms with Crippen LogP contribution in [-0.4, -0.2) is 50.8 Å². The van der Waals surface area contributed by atoms with Crippen molar-refractivity contribution >= 4 is 29.9 Å². The number of hydrogen-bond acceptors (Lipinski definition) is 4. The van der Waals surface area contributed by atoms with Crippen LogP contribution >= 0.6 is 24.0 Å². The van der Waals surface area contributed by atoms with Crippen LogP contribution in [0.25, 0.3) is 0 Å². The number of alkyl halides is 2. The molecule has 2 N–H and O–H groups in total. The Labute approximate surface area is 211 Å². The topological polar surface area (TPSA) is 58.1 Å². The SMILES string of the molecule is CN=C(NCc1cc(OC)ccc1OC(F)F)NCC1CC(C)N(Cc2ccccc2)C1.I. The average Bonchev–Trinajstić information content (AvgIpc) is 3.14. The third-order valence-electron chi connectivity index (χ3n) is 5.73. The molecule has 1 fully saturated rings. The molecular weight excluding hydrogens is 541 g/mol. The number of benzene rings is 2. The van der Waals surface area contributed by atoms with E-state index in [2.05, 4.69) is 56.5 Å². The van der Waals surface area contributed by atoms with Crippen LogP contribution in [0, 0.1) is 5.92 Å². The zero-order valence-electron chi connectivity index (χ0n) is 19.3. The molecule has 6 nitrogen and oxygen atoms in total. The fourth-order valence-electron chi connectivity index (χ4n) is 4.08. The molecule has 1 aliphatic heterocycles. The predicted molar refractivity (Wildman–Crippen MR) is 138 cm³/mol. The Balaban J connectivity index is 0.00000385. The Morgan fingerprint density at radius 2 is 1.94 bits per heavy atom. The Morgan fingerprint density at radius 3 is 2.61 bits per heavy atom. The van der Waals surface area contributed by atoms with E-state index in [0.717, 1.165) is 26.1 Å². The standard InChI is InChI=1S/C24H32F2N4O2.HI/c1-17-11-19(16-30(17)15-18-7-5-4-6-8-18)13-28-24(27-2)29-14-20-12-21(31-3)9-10-22(20)32-23(25)26;/h4-10,12,17,19,23H,11,13-16H2,1-3H3,(H2,27,28,29);1H. The van der Waals surface area contributed by atoms with Crippen molar-refractivity contribution in [1.82, 2.24) is 15.5 Å². The molecule has 0 bridgehead atoms. The van der Waals surface area contributed by atoms with Gasteiger partial charge in [-0.05, 0) is 43.0 Å². The molecule has 2 atom stereocenters. The van der Waals surface area contributed by atoms with Crippen LogP contribution in [0.3, 0.4) is 0 Å². The molecule has 0 saturated carbocycles. The van der Waals surface area contributed by atoms with Gasteiger partial charge in [-0.2, -0.15) is 8.78 Å². The van der Waals surface area contributed by atoms with Gasteiger partial charge in [-0.3, -0.25) is 9.89 Å². The molecule has 0 aromatic heterocycles. The minimum Gasteiger partial charge on any atom is -0.497 e. The zero-order chi connectivity index (χ0) is 22.9. The highest BCUT2D eigenvalue weighted by Crippen LogP contribution is 2.26. The van der Waals surface area contributed by atoms with Gasteiger partial charge in [0, 0.05) is 44.8 Å². The summed E-state index contributed by atoms with van der Waals surface area (Å²) in [5, 5.41) is 6.55. The van der Waals surface area contributed by atoms with Gasteiger partial charge in [0.25, 0.3) is 0 Å². The lowest BCUT2D eigenvalue weighted by molar-refractivity contribution is -0.0505. The van der Waals surface area contributed by atoms with Gasteiger partial charge in [0.15, 0.2) is 5.96 Å². The van der Waals surface area contributed by atoms with Crippen molar-refractivity contribution in [3.05, 3.63) is 59.7 Å². The maximum Gasteiger partial charge on any atom is 0.387 e. The second-order valence-corrected chi connectivity index (χ2v) is 8.02. The van der Waals surface area contributed by atoms with E-state index in [4.69, 9.17) is 4.74 Å². The number of nitrogens with one attached hydrogen (secondary N) is 2. The molecule has 2 aromatic rings. The van der Waals surface area contributed by atoms with Gasteiger partial charge in [0.05, 0.1) is 7.11 Å². The van der Waals surface area contributed by atoms with Crippen molar-refractivity contribution in [1.29, 1.82) is 0 Å². The van der Waals surface area contributed by atoms with E-state index in [9.17, 15) is 8.78 Å². The fraction of sp³-hybridized carbons (Fsp3) is 0.458. The van der Waals surface area contributed by atoms with Gasteiger partial charge in [-0.25, -0.2) is 0 Å². The van der Waals surface area contributed by atoms with Crippen LogP contribution < -0.4 is 20.1 Å². The quantitative estimate of drug-likeness (QED) is 0.263. The summed E-state index contributed by atoms with van der Waals surface area (Å²) >= 11 is 0. The van der Waals surface area contributed by atoms with Gasteiger partial charge in [0.2, 0.25) is 0 Å². The highest BCUT2D eigenvalue weighted by Gasteiger charge is 2.28. The molecule has 1 heterocycles. The smallest absolute Gasteiger partial charge is 0.387 e. The highest BCUT2D eigenvalue weighted by atomic mass is 127. The summed E-state index contributed by atoms with van der Waals surface area (Å²) in [5.41, 5.74) is 1.89. The van der Waals surface area contributed by atoms with Crippen molar-refractivity contribution in [3.8, 4) is 11.5 Å². The molecule has 1 saturated heterocycles. The van der Waals surface area contributed by atoms with E-state index in [1.165, 1.54) is 18.7 Å². The van der Waals surface area contributed by atoms with Crippen molar-refractivity contribution < 1.29 is 18.3 Å². The first-order chi connectivity index (χ1) is 15.5. The number of hydrogen-bond donors (Lipinski definition) is 2. The third-order valence-corrected chi connectivity index (χ3v) is 5.73. The molecule has 182 valence electrons. The van der Waals surface area contributed by atoms with E-state index >= 15 is 0 Å². The molecule has 33 heavy (non-hydrogen) atoms. The molecule has 0 amide bonds. The van der Waals surface area contributed by atoms with Crippen LogP contribution in [0.5, 0.6) is 11.5 Å². The predicted octanol–water partition coefficient (Wildman–Crippen LogP) is 4.49. The first kappa shape index (κ1) is 27.1. The molecule has 3 rings (SSSR count). The van der Waals surface area contributed by atoms with Gasteiger partial charge in [-0.1, -0.05) is 30.3 Å². The molecule has 2 aromatic carbocycles. The number of likely N-dealkylation sites (tertiary alicyclic amines) is 1. The lowest BCUT2D eigenvalue weighted by Gasteiger charge is -2.21. The Kier molecular flexibility index (Phi) is 11.1. The first-order valence-corrected chi connectivity index (χ1v) is 10.8. The van der Waals surface area contributed by atoms with E-state index in [1.54, 1.807) is 19.2 Å². The molecule has 0 aliphatic carbocycles. The summed E-state index contributed by atoms with van der Waals surface area (Å²) in [6.45, 7) is 2.41. The zero-order valence-corrected chi connectivity index (χ0v) is 21.6. The Hall–Kier alpha value is -2.14. The van der Waals surface area contributed by atoms with Crippen LogP contribution in [0.1, 0.15) is 24.5 Å². The molecule has 0 radical (unpaired) electrons. The van der Waals surface area contributed by atoms with Crippen molar-refractivity contribution in [2.24, 2.45) is 10.9 Å². The van der Waals surface area contributed by atoms with Crippen molar-refractivity contribution in [3.63, 3.8) is 0 Å². The van der Waals surface area contributed by atoms with Gasteiger partial charge in [0.1, 0.15) is 11.5 Å². The average molecular weight is 574 g/mol. The Bertz CT molecular complexity index is 886. The molecule has 0 spiro atoms. The van der Waals surface area contributed by atoms with Crippen LogP contribution in [0.4, 0.5) is 8.78 Å². The van der Waals surface area contributed by atoms with Crippen LogP contribution in [-0.2, 0) is 13.1 Å². The summed E-state index contributed by atoms with van der Waals surface area (Å²) in [6, 6.07) is 15.8. The number of rotatable bonds is 9. The molecule has 1 aliphatic rings. The van der Waals surface area contributed by atoms with E-state index < -0.39 is 6.61 Å². The number of methoxy groups -OCH3 is 1. The van der Waals surface area contributed by atoms with E-state index in [-0.39, 0.29) is 36.3 Å². The number of guanidine groups is 1. The maximum absolute atomic E-state index is 12.7. The number of aliphatic imine (C=N–C) groups is 1. The van der Waals surface area contributed by atoms with Gasteiger partial charge in [-0.15, -0.1) is 24.0 Å². The molecule has 9 heteroatoms. The summed E-state index contributed by atoms with van der Waals surface area (Å²) in [7, 11) is 3.22. The van der Waals surface area contributed by atoms with E-state index in [0.29, 0.717) is 29.2 Å². The highest BCUT2D eigenvalue weighted by molar-refractivity contribution is 14.0. The van der Waals surface area contributed by atoms with Crippen LogP contribution in [0.2, 0.25) is 0 Å². The maximum atomic E-state index is 12.7. The number of ether oxygens (including phenoxy) is 2. The normalized spacial score (nSPS) is 18.7. The first-order valence-electron chi connectivity index (χ1n) is 10.8. The van der Waals surface area contributed by atoms with Crippen molar-refractivity contribution in [2.75, 3.05) is 27.2 Å². The minimum atomic E-state index is -2.89. The summed E-state index contributed by atoms with van der Waals surface area (Å²) in [4.78, 5) is 6.77. The lowest BCUT2D eigenvalue weighted by atomic mass is 10.1. The minimum absolute atomic E-state index is 0. The van der Waals surface area contributed by atoms with Gasteiger partial charge < -0.3 is 20.1 Å². The summed E-state index contributed by atoms with van der Waals surface area (Å²) in [5.74, 6) is 1.81. The second-order valence-electron chi connectivity index (χ2n) is 8.02. The monoisotopic (exact) mass is 574 g/mol.